The number of aliphatic hydroxyl groups excluding tert-OH is 1. The van der Waals surface area contributed by atoms with Crippen molar-refractivity contribution in [3.05, 3.63) is 138 Å². The topological polar surface area (TPSA) is 122 Å². The molecule has 0 spiro atoms. The number of carboxylic acids is 1. The van der Waals surface area contributed by atoms with Gasteiger partial charge in [-0.3, -0.25) is 9.59 Å². The van der Waals surface area contributed by atoms with Gasteiger partial charge >= 0.3 is 5.97 Å². The highest BCUT2D eigenvalue weighted by Gasteiger charge is 2.52. The average molecular weight is 567 g/mol. The highest BCUT2D eigenvalue weighted by Crippen LogP contribution is 2.45. The Balaban J connectivity index is 1.45. The van der Waals surface area contributed by atoms with Crippen molar-refractivity contribution in [3.63, 3.8) is 0 Å². The molecule has 0 radical (unpaired) electrons. The summed E-state index contributed by atoms with van der Waals surface area (Å²) < 4.78 is 5.80. The van der Waals surface area contributed by atoms with E-state index in [0.717, 1.165) is 12.8 Å². The minimum atomic E-state index is -1.75. The molecule has 3 atom stereocenters. The van der Waals surface area contributed by atoms with Crippen molar-refractivity contribution in [1.29, 1.82) is 0 Å². The van der Waals surface area contributed by atoms with Crippen molar-refractivity contribution in [2.45, 2.75) is 43.2 Å². The van der Waals surface area contributed by atoms with Gasteiger partial charge in [0.05, 0.1) is 5.92 Å². The fraction of sp³-hybridized carbons (Fsp3) is 0.257. The van der Waals surface area contributed by atoms with E-state index in [2.05, 4.69) is 24.4 Å². The number of hydrogen-bond donors (Lipinski definition) is 4. The molecule has 0 aliphatic rings. The first-order valence-electron chi connectivity index (χ1n) is 14.1. The van der Waals surface area contributed by atoms with Crippen LogP contribution in [-0.4, -0.2) is 47.4 Å². The van der Waals surface area contributed by atoms with Crippen LogP contribution in [0.15, 0.2) is 115 Å². The molecule has 0 aliphatic heterocycles. The molecule has 7 nitrogen and oxygen atoms in total. The van der Waals surface area contributed by atoms with Gasteiger partial charge in [-0.25, -0.2) is 0 Å². The van der Waals surface area contributed by atoms with Crippen molar-refractivity contribution in [2.24, 2.45) is 5.73 Å². The fourth-order valence-corrected chi connectivity index (χ4v) is 5.38. The molecule has 218 valence electrons. The second-order valence-corrected chi connectivity index (χ2v) is 10.5. The Morgan fingerprint density at radius 2 is 1.36 bits per heavy atom. The number of carbonyl (C=O) groups excluding carboxylic acids is 1. The Kier molecular flexibility index (Phi) is 10.5. The van der Waals surface area contributed by atoms with Gasteiger partial charge in [0.15, 0.2) is 0 Å². The van der Waals surface area contributed by atoms with Crippen LogP contribution >= 0.6 is 0 Å². The zero-order chi connectivity index (χ0) is 30.0. The van der Waals surface area contributed by atoms with E-state index in [1.807, 2.05) is 18.2 Å². The number of carboxylic acid groups (broad SMARTS) is 1. The Morgan fingerprint density at radius 1 is 0.833 bits per heavy atom. The van der Waals surface area contributed by atoms with Crippen LogP contribution in [0, 0.1) is 0 Å². The molecular formula is C35H38N2O5. The molecule has 0 aromatic heterocycles. The molecule has 4 rings (SSSR count). The first kappa shape index (κ1) is 30.5. The molecule has 0 fully saturated rings. The molecule has 0 heterocycles. The standard InChI is InChI=1S/C35H38N2O5/c1-25(17-18-26-11-5-2-6-12-26)37-23-30(38)24-42-31-21-19-27(20-22-31)32(33(36)39)35(34(40)41,28-13-7-3-8-14-28)29-15-9-4-10-16-29/h2-16,19-22,25,30,32,37-38H,17-18,23-24H2,1H3,(H2,36,39)(H,40,41). The van der Waals surface area contributed by atoms with Crippen molar-refractivity contribution >= 4 is 11.9 Å². The number of amides is 1. The van der Waals surface area contributed by atoms with Crippen LogP contribution in [0.3, 0.4) is 0 Å². The first-order chi connectivity index (χ1) is 20.3. The van der Waals surface area contributed by atoms with E-state index in [9.17, 15) is 19.8 Å². The number of aliphatic carboxylic acids is 1. The Labute approximate surface area is 247 Å². The van der Waals surface area contributed by atoms with Crippen LogP contribution in [-0.2, 0) is 21.4 Å². The molecule has 0 aliphatic carbocycles. The zero-order valence-corrected chi connectivity index (χ0v) is 23.7. The van der Waals surface area contributed by atoms with Crippen LogP contribution in [0.25, 0.3) is 0 Å². The molecule has 1 amide bonds. The predicted molar refractivity (Wildman–Crippen MR) is 163 cm³/mol. The van der Waals surface area contributed by atoms with E-state index >= 15 is 0 Å². The highest BCUT2D eigenvalue weighted by molar-refractivity contribution is 5.97. The summed E-state index contributed by atoms with van der Waals surface area (Å²) in [6.45, 7) is 2.55. The van der Waals surface area contributed by atoms with Crippen LogP contribution in [0.4, 0.5) is 0 Å². The van der Waals surface area contributed by atoms with Crippen molar-refractivity contribution in [1.82, 2.24) is 5.32 Å². The van der Waals surface area contributed by atoms with Gasteiger partial charge < -0.3 is 26.0 Å². The lowest BCUT2D eigenvalue weighted by Crippen LogP contribution is -2.48. The van der Waals surface area contributed by atoms with Gasteiger partial charge in [0.25, 0.3) is 0 Å². The molecule has 0 saturated heterocycles. The Bertz CT molecular complexity index is 1370. The summed E-state index contributed by atoms with van der Waals surface area (Å²) in [5, 5.41) is 24.5. The largest absolute Gasteiger partial charge is 0.491 e. The van der Waals surface area contributed by atoms with Gasteiger partial charge in [-0.1, -0.05) is 103 Å². The fourth-order valence-electron chi connectivity index (χ4n) is 5.38. The van der Waals surface area contributed by atoms with Crippen LogP contribution in [0.2, 0.25) is 0 Å². The van der Waals surface area contributed by atoms with Gasteiger partial charge in [-0.2, -0.15) is 0 Å². The lowest BCUT2D eigenvalue weighted by molar-refractivity contribution is -0.145. The maximum Gasteiger partial charge on any atom is 0.319 e. The first-order valence-corrected chi connectivity index (χ1v) is 14.1. The third kappa shape index (κ3) is 7.24. The number of hydrogen-bond acceptors (Lipinski definition) is 5. The molecule has 42 heavy (non-hydrogen) atoms. The summed E-state index contributed by atoms with van der Waals surface area (Å²) in [7, 11) is 0. The molecule has 7 heteroatoms. The quantitative estimate of drug-likeness (QED) is 0.166. The van der Waals surface area contributed by atoms with Crippen molar-refractivity contribution < 1.29 is 24.5 Å². The number of rotatable bonds is 15. The average Bonchev–Trinajstić information content (AvgIpc) is 3.02. The lowest BCUT2D eigenvalue weighted by atomic mass is 9.63. The lowest BCUT2D eigenvalue weighted by Gasteiger charge is -2.37. The number of carbonyl (C=O) groups is 2. The van der Waals surface area contributed by atoms with E-state index in [1.165, 1.54) is 5.56 Å². The molecule has 0 bridgehead atoms. The summed E-state index contributed by atoms with van der Waals surface area (Å²) in [6, 6.07) is 34.5. The minimum Gasteiger partial charge on any atom is -0.491 e. The summed E-state index contributed by atoms with van der Waals surface area (Å²) >= 11 is 0. The monoisotopic (exact) mass is 566 g/mol. The van der Waals surface area contributed by atoms with Gasteiger partial charge in [-0.05, 0) is 54.2 Å². The number of aryl methyl sites for hydroxylation is 1. The molecular weight excluding hydrogens is 528 g/mol. The summed E-state index contributed by atoms with van der Waals surface area (Å²) in [6.07, 6.45) is 1.18. The van der Waals surface area contributed by atoms with Gasteiger partial charge in [0.1, 0.15) is 23.9 Å². The number of aliphatic hydroxyl groups is 1. The molecule has 4 aromatic carbocycles. The van der Waals surface area contributed by atoms with E-state index in [-0.39, 0.29) is 12.6 Å². The number of nitrogens with one attached hydrogen (secondary N) is 1. The summed E-state index contributed by atoms with van der Waals surface area (Å²) in [5.41, 5.74) is 6.81. The third-order valence-corrected chi connectivity index (χ3v) is 7.58. The van der Waals surface area contributed by atoms with E-state index in [0.29, 0.717) is 29.0 Å². The molecule has 0 saturated carbocycles. The van der Waals surface area contributed by atoms with Crippen LogP contribution in [0.1, 0.15) is 41.5 Å². The minimum absolute atomic E-state index is 0.0735. The van der Waals surface area contributed by atoms with Gasteiger partial charge in [-0.15, -0.1) is 0 Å². The SMILES string of the molecule is CC(CCc1ccccc1)NCC(O)COc1ccc(C(C(N)=O)C(C(=O)O)(c2ccccc2)c2ccccc2)cc1. The second-order valence-electron chi connectivity index (χ2n) is 10.5. The third-order valence-electron chi connectivity index (χ3n) is 7.58. The molecule has 3 unspecified atom stereocenters. The van der Waals surface area contributed by atoms with Gasteiger partial charge in [0, 0.05) is 12.6 Å². The predicted octanol–water partition coefficient (Wildman–Crippen LogP) is 4.68. The molecule has 5 N–H and O–H groups in total. The highest BCUT2D eigenvalue weighted by atomic mass is 16.5. The Hall–Kier alpha value is -4.46. The smallest absolute Gasteiger partial charge is 0.319 e. The van der Waals surface area contributed by atoms with Gasteiger partial charge in [0.2, 0.25) is 5.91 Å². The van der Waals surface area contributed by atoms with E-state index < -0.39 is 29.3 Å². The maximum absolute atomic E-state index is 13.1. The normalized spacial score (nSPS) is 13.6. The summed E-state index contributed by atoms with van der Waals surface area (Å²) in [4.78, 5) is 26.2. The van der Waals surface area contributed by atoms with Crippen LogP contribution < -0.4 is 15.8 Å². The van der Waals surface area contributed by atoms with Crippen molar-refractivity contribution in [3.8, 4) is 5.75 Å². The number of primary amides is 1. The zero-order valence-electron chi connectivity index (χ0n) is 23.7. The second kappa shape index (κ2) is 14.4. The number of ether oxygens (including phenoxy) is 1. The maximum atomic E-state index is 13.1. The van der Waals surface area contributed by atoms with Crippen molar-refractivity contribution in [2.75, 3.05) is 13.2 Å². The number of benzene rings is 4. The van der Waals surface area contributed by atoms with Crippen LogP contribution in [0.5, 0.6) is 5.75 Å². The summed E-state index contributed by atoms with van der Waals surface area (Å²) in [5.74, 6) is -2.67. The number of nitrogens with two attached hydrogens (primary N) is 1. The molecule has 4 aromatic rings. The Morgan fingerprint density at radius 3 is 1.86 bits per heavy atom. The van der Waals surface area contributed by atoms with E-state index in [4.69, 9.17) is 10.5 Å². The van der Waals surface area contributed by atoms with E-state index in [1.54, 1.807) is 84.9 Å².